The van der Waals surface area contributed by atoms with E-state index >= 15 is 0 Å². The van der Waals surface area contributed by atoms with Crippen LogP contribution in [-0.2, 0) is 4.79 Å². The van der Waals surface area contributed by atoms with Crippen molar-refractivity contribution in [2.75, 3.05) is 0 Å². The molecule has 0 fully saturated rings. The molecule has 0 radical (unpaired) electrons. The van der Waals surface area contributed by atoms with E-state index in [-0.39, 0.29) is 5.78 Å². The Kier molecular flexibility index (Phi) is 1.75. The zero-order valence-electron chi connectivity index (χ0n) is 6.69. The number of rotatable bonds is 0. The van der Waals surface area contributed by atoms with Gasteiger partial charge >= 0.3 is 0 Å². The summed E-state index contributed by atoms with van der Waals surface area (Å²) in [5.41, 5.74) is 3.03. The van der Waals surface area contributed by atoms with E-state index in [4.69, 9.17) is 0 Å². The van der Waals surface area contributed by atoms with E-state index in [0.717, 1.165) is 23.1 Å². The number of ketones is 1. The second-order valence-electron chi connectivity index (χ2n) is 2.90. The lowest BCUT2D eigenvalue weighted by Gasteiger charge is -1.96. The standard InChI is InChI=1S/C9H12O/c1-6(2)8-5-4-7(3)9(8)10/h4H,5H2,1-3H3. The van der Waals surface area contributed by atoms with E-state index in [1.165, 1.54) is 0 Å². The molecule has 0 atom stereocenters. The molecule has 0 aromatic carbocycles. The first-order valence-corrected chi connectivity index (χ1v) is 3.50. The van der Waals surface area contributed by atoms with E-state index in [9.17, 15) is 4.79 Å². The highest BCUT2D eigenvalue weighted by Gasteiger charge is 2.17. The molecular formula is C9H12O. The van der Waals surface area contributed by atoms with Crippen molar-refractivity contribution in [1.82, 2.24) is 0 Å². The first kappa shape index (κ1) is 7.26. The van der Waals surface area contributed by atoms with Gasteiger partial charge in [0.2, 0.25) is 0 Å². The highest BCUT2D eigenvalue weighted by atomic mass is 16.1. The van der Waals surface area contributed by atoms with Crippen molar-refractivity contribution >= 4 is 5.78 Å². The molecule has 1 nitrogen and oxygen atoms in total. The molecule has 54 valence electrons. The molecular weight excluding hydrogens is 124 g/mol. The number of hydrogen-bond donors (Lipinski definition) is 0. The van der Waals surface area contributed by atoms with E-state index in [2.05, 4.69) is 0 Å². The Hall–Kier alpha value is -0.850. The third-order valence-electron chi connectivity index (χ3n) is 1.85. The molecule has 0 saturated carbocycles. The molecule has 0 aromatic rings. The second-order valence-corrected chi connectivity index (χ2v) is 2.90. The molecule has 0 heterocycles. The largest absolute Gasteiger partial charge is 0.289 e. The summed E-state index contributed by atoms with van der Waals surface area (Å²) in [4.78, 5) is 11.2. The predicted molar refractivity (Wildman–Crippen MR) is 41.8 cm³/mol. The fourth-order valence-corrected chi connectivity index (χ4v) is 1.11. The van der Waals surface area contributed by atoms with E-state index in [0.29, 0.717) is 0 Å². The van der Waals surface area contributed by atoms with Gasteiger partial charge in [-0.15, -0.1) is 0 Å². The smallest absolute Gasteiger partial charge is 0.184 e. The van der Waals surface area contributed by atoms with E-state index in [1.807, 2.05) is 26.8 Å². The minimum Gasteiger partial charge on any atom is -0.289 e. The lowest BCUT2D eigenvalue weighted by molar-refractivity contribution is -0.111. The van der Waals surface area contributed by atoms with Crippen LogP contribution in [0.15, 0.2) is 22.8 Å². The van der Waals surface area contributed by atoms with Gasteiger partial charge in [-0.2, -0.15) is 0 Å². The summed E-state index contributed by atoms with van der Waals surface area (Å²) < 4.78 is 0. The van der Waals surface area contributed by atoms with Crippen LogP contribution in [0.1, 0.15) is 27.2 Å². The van der Waals surface area contributed by atoms with Crippen LogP contribution in [0.25, 0.3) is 0 Å². The maximum absolute atomic E-state index is 11.2. The topological polar surface area (TPSA) is 17.1 Å². The third kappa shape index (κ3) is 1.04. The quantitative estimate of drug-likeness (QED) is 0.467. The summed E-state index contributed by atoms with van der Waals surface area (Å²) in [6.07, 6.45) is 2.83. The highest BCUT2D eigenvalue weighted by molar-refractivity contribution is 6.10. The third-order valence-corrected chi connectivity index (χ3v) is 1.85. The minimum atomic E-state index is 0.236. The van der Waals surface area contributed by atoms with Crippen molar-refractivity contribution in [1.29, 1.82) is 0 Å². The van der Waals surface area contributed by atoms with Crippen molar-refractivity contribution in [3.8, 4) is 0 Å². The van der Waals surface area contributed by atoms with Gasteiger partial charge in [-0.05, 0) is 32.8 Å². The molecule has 0 bridgehead atoms. The zero-order valence-corrected chi connectivity index (χ0v) is 6.69. The predicted octanol–water partition coefficient (Wildman–Crippen LogP) is 2.24. The van der Waals surface area contributed by atoms with E-state index < -0.39 is 0 Å². The molecule has 0 saturated heterocycles. The van der Waals surface area contributed by atoms with Gasteiger partial charge in [0, 0.05) is 5.57 Å². The molecule has 1 heteroatoms. The van der Waals surface area contributed by atoms with Crippen LogP contribution < -0.4 is 0 Å². The SMILES string of the molecule is CC1=CCC(=C(C)C)C1=O. The Morgan fingerprint density at radius 1 is 1.50 bits per heavy atom. The number of carbonyl (C=O) groups excluding carboxylic acids is 1. The lowest BCUT2D eigenvalue weighted by atomic mass is 10.1. The van der Waals surface area contributed by atoms with Gasteiger partial charge in [0.25, 0.3) is 0 Å². The average molecular weight is 136 g/mol. The van der Waals surface area contributed by atoms with Crippen LogP contribution in [0.3, 0.4) is 0 Å². The molecule has 0 aliphatic heterocycles. The summed E-state index contributed by atoms with van der Waals surface area (Å²) in [6.45, 7) is 5.84. The summed E-state index contributed by atoms with van der Waals surface area (Å²) in [5.74, 6) is 0.236. The van der Waals surface area contributed by atoms with Gasteiger partial charge in [0.05, 0.1) is 0 Å². The first-order valence-electron chi connectivity index (χ1n) is 3.50. The summed E-state index contributed by atoms with van der Waals surface area (Å²) in [7, 11) is 0. The normalized spacial score (nSPS) is 17.7. The van der Waals surface area contributed by atoms with Gasteiger partial charge in [-0.3, -0.25) is 4.79 Å². The Labute approximate surface area is 61.4 Å². The Bertz CT molecular complexity index is 227. The van der Waals surface area contributed by atoms with Crippen molar-refractivity contribution in [3.63, 3.8) is 0 Å². The van der Waals surface area contributed by atoms with Crippen molar-refractivity contribution < 1.29 is 4.79 Å². The molecule has 1 aliphatic carbocycles. The Balaban J connectivity index is 2.96. The fraction of sp³-hybridized carbons (Fsp3) is 0.444. The van der Waals surface area contributed by atoms with Crippen LogP contribution in [0.2, 0.25) is 0 Å². The average Bonchev–Trinajstić information content (AvgIpc) is 2.14. The van der Waals surface area contributed by atoms with Crippen molar-refractivity contribution in [2.24, 2.45) is 0 Å². The second kappa shape index (κ2) is 2.41. The summed E-state index contributed by atoms with van der Waals surface area (Å²) in [5, 5.41) is 0. The molecule has 1 rings (SSSR count). The number of Topliss-reactive ketones (excluding diaryl/α,β-unsaturated/α-hetero) is 1. The summed E-state index contributed by atoms with van der Waals surface area (Å²) in [6, 6.07) is 0. The number of allylic oxidation sites excluding steroid dienone is 4. The van der Waals surface area contributed by atoms with Crippen LogP contribution in [0.4, 0.5) is 0 Å². The first-order chi connectivity index (χ1) is 4.63. The van der Waals surface area contributed by atoms with Crippen LogP contribution in [-0.4, -0.2) is 5.78 Å². The maximum Gasteiger partial charge on any atom is 0.184 e. The number of carbonyl (C=O) groups is 1. The number of hydrogen-bond acceptors (Lipinski definition) is 1. The van der Waals surface area contributed by atoms with E-state index in [1.54, 1.807) is 0 Å². The Morgan fingerprint density at radius 3 is 2.30 bits per heavy atom. The maximum atomic E-state index is 11.2. The van der Waals surface area contributed by atoms with Crippen molar-refractivity contribution in [3.05, 3.63) is 22.8 Å². The fourth-order valence-electron chi connectivity index (χ4n) is 1.11. The van der Waals surface area contributed by atoms with Gasteiger partial charge in [0.15, 0.2) is 5.78 Å². The zero-order chi connectivity index (χ0) is 7.72. The highest BCUT2D eigenvalue weighted by Crippen LogP contribution is 2.22. The molecule has 0 amide bonds. The molecule has 0 aromatic heterocycles. The molecule has 0 unspecified atom stereocenters. The monoisotopic (exact) mass is 136 g/mol. The van der Waals surface area contributed by atoms with Gasteiger partial charge in [-0.1, -0.05) is 11.6 Å². The van der Waals surface area contributed by atoms with Crippen LogP contribution >= 0.6 is 0 Å². The minimum absolute atomic E-state index is 0.236. The lowest BCUT2D eigenvalue weighted by Crippen LogP contribution is -1.97. The molecule has 10 heavy (non-hydrogen) atoms. The van der Waals surface area contributed by atoms with Gasteiger partial charge in [0.1, 0.15) is 0 Å². The Morgan fingerprint density at radius 2 is 2.10 bits per heavy atom. The van der Waals surface area contributed by atoms with Crippen molar-refractivity contribution in [2.45, 2.75) is 27.2 Å². The molecule has 0 N–H and O–H groups in total. The molecule has 0 spiro atoms. The van der Waals surface area contributed by atoms with Crippen LogP contribution in [0.5, 0.6) is 0 Å². The van der Waals surface area contributed by atoms with Gasteiger partial charge < -0.3 is 0 Å². The van der Waals surface area contributed by atoms with Crippen LogP contribution in [0, 0.1) is 0 Å². The molecule has 1 aliphatic rings. The van der Waals surface area contributed by atoms with Gasteiger partial charge in [-0.25, -0.2) is 0 Å². The summed E-state index contributed by atoms with van der Waals surface area (Å²) >= 11 is 0.